The van der Waals surface area contributed by atoms with Crippen LogP contribution in [0, 0.1) is 10.1 Å². The molecule has 22 heavy (non-hydrogen) atoms. The van der Waals surface area contributed by atoms with Gasteiger partial charge in [-0.2, -0.15) is 0 Å². The topological polar surface area (TPSA) is 89.3 Å². The molecule has 2 rings (SSSR count). The summed E-state index contributed by atoms with van der Waals surface area (Å²) in [5.41, 5.74) is 0.283. The summed E-state index contributed by atoms with van der Waals surface area (Å²) in [6.07, 6.45) is 0. The van der Waals surface area contributed by atoms with Crippen LogP contribution in [-0.2, 0) is 15.8 Å². The largest absolute Gasteiger partial charge is 0.269 e. The van der Waals surface area contributed by atoms with Crippen molar-refractivity contribution in [3.05, 3.63) is 62.3 Å². The SMILES string of the molecule is CC(CNS(=O)(=O)Cc1cccc([N+](=O)[O-])c1)c1cccs1. The van der Waals surface area contributed by atoms with Gasteiger partial charge in [0.15, 0.2) is 0 Å². The second kappa shape index (κ2) is 6.99. The van der Waals surface area contributed by atoms with Crippen molar-refractivity contribution in [3.63, 3.8) is 0 Å². The second-order valence-corrected chi connectivity index (χ2v) is 7.74. The van der Waals surface area contributed by atoms with E-state index in [1.807, 2.05) is 24.4 Å². The first-order valence-electron chi connectivity index (χ1n) is 6.61. The number of hydrogen-bond acceptors (Lipinski definition) is 5. The Bertz CT molecular complexity index is 742. The van der Waals surface area contributed by atoms with Gasteiger partial charge in [-0.15, -0.1) is 11.3 Å². The van der Waals surface area contributed by atoms with Gasteiger partial charge in [-0.25, -0.2) is 13.1 Å². The first-order valence-corrected chi connectivity index (χ1v) is 9.14. The van der Waals surface area contributed by atoms with Crippen molar-refractivity contribution in [2.45, 2.75) is 18.6 Å². The zero-order chi connectivity index (χ0) is 16.2. The van der Waals surface area contributed by atoms with Gasteiger partial charge in [0.1, 0.15) is 0 Å². The molecule has 2 aromatic rings. The summed E-state index contributed by atoms with van der Waals surface area (Å²) in [6, 6.07) is 9.55. The van der Waals surface area contributed by atoms with Gasteiger partial charge in [-0.05, 0) is 17.0 Å². The highest BCUT2D eigenvalue weighted by atomic mass is 32.2. The Morgan fingerprint density at radius 1 is 1.32 bits per heavy atom. The molecule has 1 heterocycles. The number of nitrogens with zero attached hydrogens (tertiary/aromatic N) is 1. The number of sulfonamides is 1. The van der Waals surface area contributed by atoms with Gasteiger partial charge in [-0.1, -0.05) is 25.1 Å². The minimum atomic E-state index is -3.53. The van der Waals surface area contributed by atoms with E-state index in [9.17, 15) is 18.5 Å². The lowest BCUT2D eigenvalue weighted by Crippen LogP contribution is -2.28. The van der Waals surface area contributed by atoms with Crippen molar-refractivity contribution < 1.29 is 13.3 Å². The lowest BCUT2D eigenvalue weighted by Gasteiger charge is -2.11. The van der Waals surface area contributed by atoms with Gasteiger partial charge in [-0.3, -0.25) is 10.1 Å². The molecule has 0 bridgehead atoms. The van der Waals surface area contributed by atoms with Gasteiger partial charge in [0.05, 0.1) is 10.7 Å². The number of benzene rings is 1. The highest BCUT2D eigenvalue weighted by molar-refractivity contribution is 7.88. The molecule has 1 atom stereocenters. The Morgan fingerprint density at radius 3 is 2.73 bits per heavy atom. The fourth-order valence-electron chi connectivity index (χ4n) is 1.95. The number of rotatable bonds is 7. The zero-order valence-electron chi connectivity index (χ0n) is 11.9. The van der Waals surface area contributed by atoms with E-state index in [4.69, 9.17) is 0 Å². The molecule has 0 aliphatic heterocycles. The Hall–Kier alpha value is -1.77. The van der Waals surface area contributed by atoms with Crippen molar-refractivity contribution in [1.29, 1.82) is 0 Å². The average Bonchev–Trinajstić information content (AvgIpc) is 2.99. The molecule has 1 aromatic heterocycles. The molecule has 0 saturated heterocycles. The fourth-order valence-corrected chi connectivity index (χ4v) is 3.97. The first kappa shape index (κ1) is 16.6. The van der Waals surface area contributed by atoms with Crippen LogP contribution in [0.15, 0.2) is 41.8 Å². The summed E-state index contributed by atoms with van der Waals surface area (Å²) in [4.78, 5) is 11.3. The van der Waals surface area contributed by atoms with Crippen molar-refractivity contribution >= 4 is 27.0 Å². The minimum Gasteiger partial charge on any atom is -0.258 e. The maximum Gasteiger partial charge on any atom is 0.269 e. The molecule has 1 N–H and O–H groups in total. The average molecular weight is 340 g/mol. The molecular formula is C14H16N2O4S2. The molecule has 1 unspecified atom stereocenters. The quantitative estimate of drug-likeness (QED) is 0.620. The molecule has 0 saturated carbocycles. The summed E-state index contributed by atoms with van der Waals surface area (Å²) in [5.74, 6) is -0.189. The van der Waals surface area contributed by atoms with Gasteiger partial charge in [0.2, 0.25) is 10.0 Å². The van der Waals surface area contributed by atoms with Crippen LogP contribution in [0.5, 0.6) is 0 Å². The molecule has 0 amide bonds. The van der Waals surface area contributed by atoms with Crippen LogP contribution < -0.4 is 4.72 Å². The van der Waals surface area contributed by atoms with E-state index < -0.39 is 14.9 Å². The third kappa shape index (κ3) is 4.62. The predicted molar refractivity (Wildman–Crippen MR) is 86.5 cm³/mol. The van der Waals surface area contributed by atoms with Crippen LogP contribution in [0.2, 0.25) is 0 Å². The molecule has 8 heteroatoms. The Labute approximate surface area is 133 Å². The molecule has 118 valence electrons. The van der Waals surface area contributed by atoms with Crippen LogP contribution >= 0.6 is 11.3 Å². The van der Waals surface area contributed by atoms with Crippen molar-refractivity contribution in [1.82, 2.24) is 4.72 Å². The lowest BCUT2D eigenvalue weighted by molar-refractivity contribution is -0.384. The Kier molecular flexibility index (Phi) is 5.28. The molecule has 0 spiro atoms. The maximum absolute atomic E-state index is 12.1. The van der Waals surface area contributed by atoms with Crippen LogP contribution in [-0.4, -0.2) is 19.9 Å². The second-order valence-electron chi connectivity index (χ2n) is 4.95. The molecule has 0 aliphatic carbocycles. The normalized spacial score (nSPS) is 13.0. The number of hydrogen-bond donors (Lipinski definition) is 1. The van der Waals surface area contributed by atoms with Crippen LogP contribution in [0.25, 0.3) is 0 Å². The monoisotopic (exact) mass is 340 g/mol. The van der Waals surface area contributed by atoms with Crippen LogP contribution in [0.3, 0.4) is 0 Å². The summed E-state index contributed by atoms with van der Waals surface area (Å²) in [5, 5.41) is 12.7. The summed E-state index contributed by atoms with van der Waals surface area (Å²) in [7, 11) is -3.53. The smallest absolute Gasteiger partial charge is 0.258 e. The van der Waals surface area contributed by atoms with E-state index in [1.54, 1.807) is 17.4 Å². The third-order valence-corrected chi connectivity index (χ3v) is 5.54. The van der Waals surface area contributed by atoms with Gasteiger partial charge >= 0.3 is 0 Å². The zero-order valence-corrected chi connectivity index (χ0v) is 13.6. The number of nitro groups is 1. The summed E-state index contributed by atoms with van der Waals surface area (Å²) in [6.45, 7) is 2.25. The third-order valence-electron chi connectivity index (χ3n) is 3.12. The van der Waals surface area contributed by atoms with Crippen molar-refractivity contribution in [2.24, 2.45) is 0 Å². The number of nitro benzene ring substituents is 1. The van der Waals surface area contributed by atoms with Crippen LogP contribution in [0.1, 0.15) is 23.3 Å². The maximum atomic E-state index is 12.1. The predicted octanol–water partition coefficient (Wildman–Crippen LogP) is 2.88. The number of non-ortho nitro benzene ring substituents is 1. The summed E-state index contributed by atoms with van der Waals surface area (Å²) < 4.78 is 26.7. The standard InChI is InChI=1S/C14H16N2O4S2/c1-11(14-6-3-7-21-14)9-15-22(19,20)10-12-4-2-5-13(8-12)16(17)18/h2-8,11,15H,9-10H2,1H3. The van der Waals surface area contributed by atoms with Gasteiger partial charge in [0, 0.05) is 29.5 Å². The Morgan fingerprint density at radius 2 is 2.09 bits per heavy atom. The van der Waals surface area contributed by atoms with E-state index in [0.717, 1.165) is 4.88 Å². The number of thiophene rings is 1. The highest BCUT2D eigenvalue weighted by Gasteiger charge is 2.16. The highest BCUT2D eigenvalue weighted by Crippen LogP contribution is 2.20. The van der Waals surface area contributed by atoms with Crippen LogP contribution in [0.4, 0.5) is 5.69 Å². The van der Waals surface area contributed by atoms with Gasteiger partial charge in [0.25, 0.3) is 5.69 Å². The van der Waals surface area contributed by atoms with E-state index in [1.165, 1.54) is 18.2 Å². The lowest BCUT2D eigenvalue weighted by atomic mass is 10.1. The molecule has 0 aliphatic rings. The van der Waals surface area contributed by atoms with E-state index in [-0.39, 0.29) is 17.4 Å². The van der Waals surface area contributed by atoms with E-state index >= 15 is 0 Å². The van der Waals surface area contributed by atoms with E-state index in [0.29, 0.717) is 12.1 Å². The van der Waals surface area contributed by atoms with Crippen molar-refractivity contribution in [2.75, 3.05) is 6.54 Å². The molecule has 1 aromatic carbocycles. The summed E-state index contributed by atoms with van der Waals surface area (Å²) >= 11 is 1.58. The molecule has 0 fully saturated rings. The molecule has 6 nitrogen and oxygen atoms in total. The molecular weight excluding hydrogens is 324 g/mol. The minimum absolute atomic E-state index is 0.0832. The number of nitrogens with one attached hydrogen (secondary N) is 1. The molecule has 0 radical (unpaired) electrons. The van der Waals surface area contributed by atoms with E-state index in [2.05, 4.69) is 4.72 Å². The fraction of sp³-hybridized carbons (Fsp3) is 0.286. The Balaban J connectivity index is 1.99. The van der Waals surface area contributed by atoms with Crippen molar-refractivity contribution in [3.8, 4) is 0 Å². The van der Waals surface area contributed by atoms with Gasteiger partial charge < -0.3 is 0 Å². The first-order chi connectivity index (χ1) is 10.4.